The van der Waals surface area contributed by atoms with Crippen LogP contribution in [0.25, 0.3) is 11.3 Å². The molecule has 1 aliphatic rings. The normalized spacial score (nSPS) is 13.2. The Kier molecular flexibility index (Phi) is 5.39. The fraction of sp³-hybridized carbons (Fsp3) is 0.304. The molecule has 1 aromatic carbocycles. The van der Waals surface area contributed by atoms with E-state index in [-0.39, 0.29) is 17.2 Å². The van der Waals surface area contributed by atoms with Crippen molar-refractivity contribution in [1.82, 2.24) is 9.97 Å². The number of nitrogens with zero attached hydrogens (tertiary/aromatic N) is 3. The molecule has 3 aromatic rings. The lowest BCUT2D eigenvalue weighted by atomic mass is 9.91. The van der Waals surface area contributed by atoms with E-state index in [9.17, 15) is 9.59 Å². The first kappa shape index (κ1) is 20.2. The predicted molar refractivity (Wildman–Crippen MR) is 120 cm³/mol. The Labute approximate surface area is 180 Å². The predicted octanol–water partition coefficient (Wildman–Crippen LogP) is 4.78. The van der Waals surface area contributed by atoms with Crippen molar-refractivity contribution < 1.29 is 9.59 Å². The third kappa shape index (κ3) is 4.41. The van der Waals surface area contributed by atoms with E-state index in [4.69, 9.17) is 0 Å². The van der Waals surface area contributed by atoms with Crippen LogP contribution in [0.5, 0.6) is 0 Å². The molecule has 2 aromatic heterocycles. The highest BCUT2D eigenvalue weighted by atomic mass is 32.1. The third-order valence-corrected chi connectivity index (χ3v) is 5.66. The number of pyridine rings is 1. The average molecular weight is 421 g/mol. The molecule has 6 nitrogen and oxygen atoms in total. The van der Waals surface area contributed by atoms with Crippen LogP contribution in [0.15, 0.2) is 48.1 Å². The number of fused-ring (bicyclic) bond motifs is 1. The molecule has 0 saturated carbocycles. The van der Waals surface area contributed by atoms with Crippen molar-refractivity contribution in [3.8, 4) is 11.3 Å². The molecule has 0 atom stereocenters. The summed E-state index contributed by atoms with van der Waals surface area (Å²) in [4.78, 5) is 35.4. The topological polar surface area (TPSA) is 75.2 Å². The molecule has 0 aliphatic carbocycles. The first-order chi connectivity index (χ1) is 14.3. The number of rotatable bonds is 4. The fourth-order valence-corrected chi connectivity index (χ4v) is 4.21. The molecule has 0 saturated heterocycles. The van der Waals surface area contributed by atoms with Crippen molar-refractivity contribution in [2.75, 3.05) is 16.8 Å². The number of carbonyl (C=O) groups is 2. The van der Waals surface area contributed by atoms with Gasteiger partial charge in [-0.3, -0.25) is 19.9 Å². The summed E-state index contributed by atoms with van der Waals surface area (Å²) in [5.41, 5.74) is 4.40. The Bertz CT molecular complexity index is 1090. The zero-order valence-corrected chi connectivity index (χ0v) is 18.1. The van der Waals surface area contributed by atoms with E-state index in [1.165, 1.54) is 17.5 Å². The van der Waals surface area contributed by atoms with E-state index in [0.717, 1.165) is 35.5 Å². The van der Waals surface area contributed by atoms with Crippen LogP contribution in [0, 0.1) is 5.41 Å². The Balaban J connectivity index is 1.49. The molecule has 0 radical (unpaired) electrons. The highest BCUT2D eigenvalue weighted by Gasteiger charge is 2.28. The van der Waals surface area contributed by atoms with Crippen molar-refractivity contribution in [2.24, 2.45) is 5.41 Å². The van der Waals surface area contributed by atoms with Gasteiger partial charge in [0, 0.05) is 42.0 Å². The van der Waals surface area contributed by atoms with Gasteiger partial charge < -0.3 is 4.90 Å². The molecule has 0 spiro atoms. The van der Waals surface area contributed by atoms with Crippen molar-refractivity contribution in [1.29, 1.82) is 0 Å². The monoisotopic (exact) mass is 420 g/mol. The molecule has 1 aliphatic heterocycles. The second-order valence-corrected chi connectivity index (χ2v) is 9.47. The number of hydrogen-bond acceptors (Lipinski definition) is 5. The van der Waals surface area contributed by atoms with E-state index < -0.39 is 0 Å². The minimum Gasteiger partial charge on any atom is -0.312 e. The maximum atomic E-state index is 12.7. The lowest BCUT2D eigenvalue weighted by molar-refractivity contribution is -0.120. The number of aromatic nitrogens is 2. The van der Waals surface area contributed by atoms with E-state index in [2.05, 4.69) is 42.1 Å². The summed E-state index contributed by atoms with van der Waals surface area (Å²) in [6.07, 6.45) is 4.52. The van der Waals surface area contributed by atoms with Crippen molar-refractivity contribution in [3.63, 3.8) is 0 Å². The molecule has 4 rings (SSSR count). The largest absolute Gasteiger partial charge is 0.312 e. The van der Waals surface area contributed by atoms with Crippen LogP contribution in [0.3, 0.4) is 0 Å². The number of anilines is 2. The van der Waals surface area contributed by atoms with Gasteiger partial charge >= 0.3 is 0 Å². The molecule has 0 unspecified atom stereocenters. The van der Waals surface area contributed by atoms with Crippen LogP contribution < -0.4 is 10.2 Å². The standard InChI is InChI=1S/C23H24N4O2S/c1-23(2,3)12-20(28)27-10-8-16-11-15(6-7-19(16)27)18-14-30-22(25-18)26-21(29)17-5-4-9-24-13-17/h4-7,9,11,13-14H,8,10,12H2,1-3H3,(H,25,26,29). The summed E-state index contributed by atoms with van der Waals surface area (Å²) in [5, 5.41) is 5.29. The first-order valence-electron chi connectivity index (χ1n) is 9.91. The highest BCUT2D eigenvalue weighted by Crippen LogP contribution is 2.35. The Morgan fingerprint density at radius 1 is 1.23 bits per heavy atom. The number of thiazole rings is 1. The molecule has 0 bridgehead atoms. The Morgan fingerprint density at radius 3 is 2.80 bits per heavy atom. The minimum absolute atomic E-state index is 0.0307. The quantitative estimate of drug-likeness (QED) is 0.659. The van der Waals surface area contributed by atoms with E-state index >= 15 is 0 Å². The zero-order valence-electron chi connectivity index (χ0n) is 17.3. The van der Waals surface area contributed by atoms with Crippen molar-refractivity contribution in [2.45, 2.75) is 33.6 Å². The van der Waals surface area contributed by atoms with Crippen LogP contribution in [0.1, 0.15) is 43.1 Å². The van der Waals surface area contributed by atoms with Gasteiger partial charge in [-0.05, 0) is 41.7 Å². The van der Waals surface area contributed by atoms with Gasteiger partial charge in [-0.15, -0.1) is 11.3 Å². The van der Waals surface area contributed by atoms with Gasteiger partial charge in [0.15, 0.2) is 5.13 Å². The van der Waals surface area contributed by atoms with Crippen LogP contribution in [0.4, 0.5) is 10.8 Å². The lowest BCUT2D eigenvalue weighted by Gasteiger charge is -2.23. The van der Waals surface area contributed by atoms with Gasteiger partial charge in [-0.2, -0.15) is 0 Å². The van der Waals surface area contributed by atoms with Crippen LogP contribution in [0.2, 0.25) is 0 Å². The summed E-state index contributed by atoms with van der Waals surface area (Å²) in [6, 6.07) is 9.53. The summed E-state index contributed by atoms with van der Waals surface area (Å²) >= 11 is 1.38. The smallest absolute Gasteiger partial charge is 0.259 e. The van der Waals surface area contributed by atoms with Crippen LogP contribution in [-0.4, -0.2) is 28.3 Å². The number of carbonyl (C=O) groups excluding carboxylic acids is 2. The molecule has 0 fully saturated rings. The average Bonchev–Trinajstić information content (AvgIpc) is 3.33. The number of nitrogens with one attached hydrogen (secondary N) is 1. The Morgan fingerprint density at radius 2 is 2.07 bits per heavy atom. The Hall–Kier alpha value is -3.06. The first-order valence-corrected chi connectivity index (χ1v) is 10.8. The highest BCUT2D eigenvalue weighted by molar-refractivity contribution is 7.14. The van der Waals surface area contributed by atoms with Gasteiger partial charge in [0.25, 0.3) is 5.91 Å². The van der Waals surface area contributed by atoms with Gasteiger partial charge in [-0.1, -0.05) is 26.8 Å². The van der Waals surface area contributed by atoms with Gasteiger partial charge in [0.2, 0.25) is 5.91 Å². The third-order valence-electron chi connectivity index (χ3n) is 4.90. The van der Waals surface area contributed by atoms with Crippen molar-refractivity contribution in [3.05, 3.63) is 59.2 Å². The summed E-state index contributed by atoms with van der Waals surface area (Å²) in [7, 11) is 0. The summed E-state index contributed by atoms with van der Waals surface area (Å²) in [5.74, 6) is -0.0611. The maximum Gasteiger partial charge on any atom is 0.259 e. The number of benzene rings is 1. The molecule has 2 amide bonds. The SMILES string of the molecule is CC(C)(C)CC(=O)N1CCc2cc(-c3csc(NC(=O)c4cccnc4)n3)ccc21. The summed E-state index contributed by atoms with van der Waals surface area (Å²) in [6.45, 7) is 6.96. The van der Waals surface area contributed by atoms with Gasteiger partial charge in [0.1, 0.15) is 0 Å². The van der Waals surface area contributed by atoms with Crippen molar-refractivity contribution >= 4 is 34.0 Å². The number of hydrogen-bond donors (Lipinski definition) is 1. The minimum atomic E-state index is -0.231. The molecular weight excluding hydrogens is 396 g/mol. The molecule has 7 heteroatoms. The second kappa shape index (κ2) is 7.99. The second-order valence-electron chi connectivity index (χ2n) is 8.61. The molecule has 1 N–H and O–H groups in total. The molecular formula is C23H24N4O2S. The number of amides is 2. The maximum absolute atomic E-state index is 12.7. The fourth-order valence-electron chi connectivity index (χ4n) is 3.50. The molecule has 3 heterocycles. The summed E-state index contributed by atoms with van der Waals surface area (Å²) < 4.78 is 0. The van der Waals surface area contributed by atoms with Gasteiger partial charge in [-0.25, -0.2) is 4.98 Å². The lowest BCUT2D eigenvalue weighted by Crippen LogP contribution is -2.31. The van der Waals surface area contributed by atoms with E-state index in [1.54, 1.807) is 18.3 Å². The van der Waals surface area contributed by atoms with Gasteiger partial charge in [0.05, 0.1) is 11.3 Å². The molecule has 154 valence electrons. The molecule has 30 heavy (non-hydrogen) atoms. The van der Waals surface area contributed by atoms with E-state index in [0.29, 0.717) is 17.1 Å². The van der Waals surface area contributed by atoms with Crippen LogP contribution in [-0.2, 0) is 11.2 Å². The van der Waals surface area contributed by atoms with Crippen LogP contribution >= 0.6 is 11.3 Å². The van der Waals surface area contributed by atoms with E-state index in [1.807, 2.05) is 22.4 Å². The zero-order chi connectivity index (χ0) is 21.3.